The quantitative estimate of drug-likeness (QED) is 0.472. The Labute approximate surface area is 138 Å². The zero-order valence-corrected chi connectivity index (χ0v) is 12.4. The van der Waals surface area contributed by atoms with Crippen molar-refractivity contribution < 1.29 is 19.8 Å². The number of aliphatic carboxylic acids is 2. The van der Waals surface area contributed by atoms with Crippen LogP contribution in [0.4, 0.5) is 0 Å². The van der Waals surface area contributed by atoms with E-state index in [9.17, 15) is 20.1 Å². The predicted molar refractivity (Wildman–Crippen MR) is 87.2 cm³/mol. The van der Waals surface area contributed by atoms with Gasteiger partial charge < -0.3 is 10.2 Å². The average molecular weight is 320 g/mol. The number of nitriles is 2. The maximum absolute atomic E-state index is 10.5. The van der Waals surface area contributed by atoms with Crippen LogP contribution in [-0.4, -0.2) is 22.2 Å². The summed E-state index contributed by atoms with van der Waals surface area (Å²) in [6.45, 7) is 0. The second-order valence-corrected chi connectivity index (χ2v) is 4.32. The third-order valence-electron chi connectivity index (χ3n) is 2.75. The van der Waals surface area contributed by atoms with Gasteiger partial charge in [-0.3, -0.25) is 0 Å². The van der Waals surface area contributed by atoms with Gasteiger partial charge in [-0.25, -0.2) is 9.59 Å². The highest BCUT2D eigenvalue weighted by Crippen LogP contribution is 2.25. The lowest BCUT2D eigenvalue weighted by Gasteiger charge is -2.06. The Kier molecular flexibility index (Phi) is 6.95. The largest absolute Gasteiger partial charge is 0.478 e. The minimum atomic E-state index is -1.15. The van der Waals surface area contributed by atoms with E-state index in [0.717, 1.165) is 12.2 Å². The molecule has 6 heteroatoms. The molecule has 0 bridgehead atoms. The number of benzene rings is 1. The summed E-state index contributed by atoms with van der Waals surface area (Å²) < 4.78 is 0. The van der Waals surface area contributed by atoms with E-state index in [1.165, 1.54) is 24.3 Å². The van der Waals surface area contributed by atoms with Crippen LogP contribution in [0.5, 0.6) is 0 Å². The molecule has 1 aromatic rings. The Hall–Kier alpha value is -3.90. The van der Waals surface area contributed by atoms with Crippen molar-refractivity contribution in [3.63, 3.8) is 0 Å². The van der Waals surface area contributed by atoms with Gasteiger partial charge in [0.05, 0.1) is 23.3 Å². The fourth-order valence-corrected chi connectivity index (χ4v) is 1.78. The van der Waals surface area contributed by atoms with Crippen molar-refractivity contribution >= 4 is 23.1 Å². The van der Waals surface area contributed by atoms with Crippen molar-refractivity contribution in [2.24, 2.45) is 0 Å². The molecule has 0 amide bonds. The van der Waals surface area contributed by atoms with E-state index >= 15 is 0 Å². The molecular weight excluding hydrogens is 308 g/mol. The molecule has 0 unspecified atom stereocenters. The second kappa shape index (κ2) is 9.19. The van der Waals surface area contributed by atoms with Crippen LogP contribution in [0.1, 0.15) is 11.1 Å². The van der Waals surface area contributed by atoms with E-state index in [4.69, 9.17) is 10.2 Å². The summed E-state index contributed by atoms with van der Waals surface area (Å²) >= 11 is 0. The molecule has 0 aliphatic heterocycles. The van der Waals surface area contributed by atoms with Gasteiger partial charge in [0.15, 0.2) is 0 Å². The van der Waals surface area contributed by atoms with E-state index in [1.54, 1.807) is 24.3 Å². The molecule has 6 nitrogen and oxygen atoms in total. The Morgan fingerprint density at radius 2 is 1.21 bits per heavy atom. The number of hydrogen-bond donors (Lipinski definition) is 2. The molecule has 0 fully saturated rings. The van der Waals surface area contributed by atoms with Gasteiger partial charge >= 0.3 is 11.9 Å². The van der Waals surface area contributed by atoms with E-state index in [-0.39, 0.29) is 11.1 Å². The highest BCUT2D eigenvalue weighted by molar-refractivity contribution is 5.91. The predicted octanol–water partition coefficient (Wildman–Crippen LogP) is 2.78. The van der Waals surface area contributed by atoms with Gasteiger partial charge in [0.2, 0.25) is 0 Å². The van der Waals surface area contributed by atoms with Crippen molar-refractivity contribution in [1.29, 1.82) is 10.5 Å². The summed E-state index contributed by atoms with van der Waals surface area (Å²) in [6.07, 6.45) is 6.87. The molecule has 0 heterocycles. The third-order valence-corrected chi connectivity index (χ3v) is 2.75. The Balaban J connectivity index is 3.38. The molecule has 0 radical (unpaired) electrons. The summed E-state index contributed by atoms with van der Waals surface area (Å²) in [5, 5.41) is 35.7. The lowest BCUT2D eigenvalue weighted by Crippen LogP contribution is -1.92. The number of nitrogens with zero attached hydrogens (tertiary/aromatic N) is 2. The van der Waals surface area contributed by atoms with Crippen molar-refractivity contribution in [3.05, 3.63) is 71.8 Å². The average Bonchev–Trinajstić information content (AvgIpc) is 2.55. The summed E-state index contributed by atoms with van der Waals surface area (Å²) in [7, 11) is 0. The SMILES string of the molecule is N#CC(=CC=CC(=O)O)c1ccccc1C(C#N)=CC=CC(=O)O. The number of carboxylic acids is 2. The molecular formula is C18H12N2O4. The molecule has 0 spiro atoms. The van der Waals surface area contributed by atoms with Crippen LogP contribution < -0.4 is 0 Å². The minimum absolute atomic E-state index is 0.173. The Bertz CT molecular complexity index is 776. The van der Waals surface area contributed by atoms with E-state index in [2.05, 4.69) is 0 Å². The van der Waals surface area contributed by atoms with Gasteiger partial charge in [0, 0.05) is 23.3 Å². The van der Waals surface area contributed by atoms with Gasteiger partial charge in [-0.2, -0.15) is 10.5 Å². The number of allylic oxidation sites excluding steroid dienone is 6. The smallest absolute Gasteiger partial charge is 0.328 e. The summed E-state index contributed by atoms with van der Waals surface area (Å²) in [5.41, 5.74) is 1.22. The molecule has 0 aliphatic rings. The van der Waals surface area contributed by atoms with Crippen LogP contribution in [0.25, 0.3) is 11.1 Å². The van der Waals surface area contributed by atoms with Gasteiger partial charge in [-0.1, -0.05) is 36.4 Å². The van der Waals surface area contributed by atoms with Crippen LogP contribution in [0.15, 0.2) is 60.7 Å². The molecule has 1 rings (SSSR count). The van der Waals surface area contributed by atoms with E-state index < -0.39 is 11.9 Å². The zero-order valence-electron chi connectivity index (χ0n) is 12.4. The van der Waals surface area contributed by atoms with Gasteiger partial charge in [0.25, 0.3) is 0 Å². The van der Waals surface area contributed by atoms with Gasteiger partial charge in [-0.15, -0.1) is 0 Å². The molecule has 2 N–H and O–H groups in total. The number of carbonyl (C=O) groups is 2. The first-order valence-electron chi connectivity index (χ1n) is 6.62. The number of hydrogen-bond acceptors (Lipinski definition) is 4. The lowest BCUT2D eigenvalue weighted by molar-refractivity contribution is -0.132. The fraction of sp³-hybridized carbons (Fsp3) is 0. The fourth-order valence-electron chi connectivity index (χ4n) is 1.78. The van der Waals surface area contributed by atoms with E-state index in [1.807, 2.05) is 12.1 Å². The maximum atomic E-state index is 10.5. The van der Waals surface area contributed by atoms with Crippen molar-refractivity contribution in [2.45, 2.75) is 0 Å². The third kappa shape index (κ3) is 5.47. The summed E-state index contributed by atoms with van der Waals surface area (Å²) in [4.78, 5) is 21.0. The first kappa shape index (κ1) is 18.1. The molecule has 118 valence electrons. The molecule has 0 aromatic heterocycles. The minimum Gasteiger partial charge on any atom is -0.478 e. The molecule has 0 saturated carbocycles. The van der Waals surface area contributed by atoms with Crippen molar-refractivity contribution in [1.82, 2.24) is 0 Å². The number of carboxylic acid groups (broad SMARTS) is 2. The van der Waals surface area contributed by atoms with E-state index in [0.29, 0.717) is 11.1 Å². The monoisotopic (exact) mass is 320 g/mol. The van der Waals surface area contributed by atoms with Crippen LogP contribution in [-0.2, 0) is 9.59 Å². The second-order valence-electron chi connectivity index (χ2n) is 4.32. The van der Waals surface area contributed by atoms with Gasteiger partial charge in [-0.05, 0) is 12.2 Å². The summed E-state index contributed by atoms with van der Waals surface area (Å²) in [6, 6.07) is 10.5. The standard InChI is InChI=1S/C18H12N2O4/c19-11-13(5-3-9-17(21)22)15-7-1-2-8-16(15)14(12-20)6-4-10-18(23)24/h1-10H,(H,21,22)(H,23,24). The molecule has 0 aliphatic carbocycles. The Morgan fingerprint density at radius 1 is 0.833 bits per heavy atom. The first-order chi connectivity index (χ1) is 11.5. The Morgan fingerprint density at radius 3 is 1.50 bits per heavy atom. The van der Waals surface area contributed by atoms with Crippen LogP contribution >= 0.6 is 0 Å². The van der Waals surface area contributed by atoms with Crippen molar-refractivity contribution in [3.8, 4) is 12.1 Å². The van der Waals surface area contributed by atoms with Crippen molar-refractivity contribution in [2.75, 3.05) is 0 Å². The zero-order chi connectivity index (χ0) is 17.9. The lowest BCUT2D eigenvalue weighted by atomic mass is 9.95. The number of rotatable bonds is 6. The van der Waals surface area contributed by atoms with Crippen LogP contribution in [0, 0.1) is 22.7 Å². The normalized spacial score (nSPS) is 12.1. The highest BCUT2D eigenvalue weighted by Gasteiger charge is 2.10. The van der Waals surface area contributed by atoms with Crippen LogP contribution in [0.2, 0.25) is 0 Å². The molecule has 1 aromatic carbocycles. The molecule has 24 heavy (non-hydrogen) atoms. The first-order valence-corrected chi connectivity index (χ1v) is 6.62. The topological polar surface area (TPSA) is 122 Å². The van der Waals surface area contributed by atoms with Crippen LogP contribution in [0.3, 0.4) is 0 Å². The van der Waals surface area contributed by atoms with Gasteiger partial charge in [0.1, 0.15) is 0 Å². The molecule has 0 saturated heterocycles. The maximum Gasteiger partial charge on any atom is 0.328 e. The highest BCUT2D eigenvalue weighted by atomic mass is 16.4. The molecule has 0 atom stereocenters. The summed E-state index contributed by atoms with van der Waals surface area (Å²) in [5.74, 6) is -2.29.